The van der Waals surface area contributed by atoms with E-state index in [9.17, 15) is 14.4 Å². The first-order chi connectivity index (χ1) is 12.0. The minimum absolute atomic E-state index is 0.373. The van der Waals surface area contributed by atoms with Gasteiger partial charge in [-0.15, -0.1) is 0 Å². The molecule has 0 spiro atoms. The van der Waals surface area contributed by atoms with Gasteiger partial charge in [0.25, 0.3) is 0 Å². The average molecular weight is 376 g/mol. The van der Waals surface area contributed by atoms with Crippen LogP contribution in [0.2, 0.25) is 0 Å². The third-order valence-corrected chi connectivity index (χ3v) is 5.34. The molecule has 2 aromatic carbocycles. The summed E-state index contributed by atoms with van der Waals surface area (Å²) < 4.78 is 16.9. The van der Waals surface area contributed by atoms with Gasteiger partial charge in [-0.1, -0.05) is 76.2 Å². The molecule has 0 amide bonds. The van der Waals surface area contributed by atoms with Crippen LogP contribution in [0.15, 0.2) is 48.5 Å². The normalized spacial score (nSPS) is 14.7. The molecule has 0 fully saturated rings. The van der Waals surface area contributed by atoms with Crippen LogP contribution in [-0.2, 0) is 21.1 Å². The zero-order valence-corrected chi connectivity index (χ0v) is 17.0. The van der Waals surface area contributed by atoms with Gasteiger partial charge in [-0.3, -0.25) is 4.52 Å². The summed E-state index contributed by atoms with van der Waals surface area (Å²) >= 11 is 0. The highest BCUT2D eigenvalue weighted by molar-refractivity contribution is 7.46. The van der Waals surface area contributed by atoms with Crippen LogP contribution in [0.1, 0.15) is 68.7 Å². The topological polar surface area (TPSA) is 66.8 Å². The Morgan fingerprint density at radius 3 is 1.69 bits per heavy atom. The van der Waals surface area contributed by atoms with Crippen LogP contribution in [0.5, 0.6) is 0 Å². The Morgan fingerprint density at radius 2 is 1.31 bits per heavy atom. The fraction of sp³-hybridized carbons (Fsp3) is 0.429. The zero-order chi connectivity index (χ0) is 19.5. The molecule has 1 atom stereocenters. The van der Waals surface area contributed by atoms with Gasteiger partial charge in [0, 0.05) is 6.42 Å². The van der Waals surface area contributed by atoms with Crippen molar-refractivity contribution in [3.63, 3.8) is 0 Å². The van der Waals surface area contributed by atoms with Crippen molar-refractivity contribution in [1.82, 2.24) is 0 Å². The fourth-order valence-corrected chi connectivity index (χ4v) is 3.77. The van der Waals surface area contributed by atoms with Gasteiger partial charge in [0.05, 0.1) is 0 Å². The Morgan fingerprint density at radius 1 is 0.885 bits per heavy atom. The molecule has 0 heterocycles. The first kappa shape index (κ1) is 20.9. The lowest BCUT2D eigenvalue weighted by Gasteiger charge is -2.31. The Hall–Kier alpha value is -1.45. The Labute approximate surface area is 156 Å². The quantitative estimate of drug-likeness (QED) is 0.626. The van der Waals surface area contributed by atoms with Crippen LogP contribution < -0.4 is 0 Å². The Balaban J connectivity index is 2.36. The lowest BCUT2D eigenvalue weighted by Crippen LogP contribution is -2.28. The first-order valence-electron chi connectivity index (χ1n) is 8.96. The molecule has 0 aliphatic rings. The standard InChI is InChI=1S/C21H29O4P/c1-15(2)18-8-6-17(7-9-18)14-21(5,25-26(22,23)24)20-12-10-19(11-13-20)16(3)4/h6-13,15-16H,14H2,1-5H3,(H2,22,23,24). The van der Waals surface area contributed by atoms with E-state index >= 15 is 0 Å². The van der Waals surface area contributed by atoms with Crippen molar-refractivity contribution in [3.8, 4) is 0 Å². The summed E-state index contributed by atoms with van der Waals surface area (Å²) in [5.41, 5.74) is 3.01. The highest BCUT2D eigenvalue weighted by Gasteiger charge is 2.35. The van der Waals surface area contributed by atoms with Crippen LogP contribution in [0, 0.1) is 0 Å². The molecule has 2 N–H and O–H groups in total. The van der Waals surface area contributed by atoms with E-state index < -0.39 is 13.4 Å². The summed E-state index contributed by atoms with van der Waals surface area (Å²) in [6.45, 7) is 10.2. The Kier molecular flexibility index (Phi) is 6.46. The molecule has 0 radical (unpaired) electrons. The molecule has 0 aromatic heterocycles. The van der Waals surface area contributed by atoms with Gasteiger partial charge in [0.15, 0.2) is 0 Å². The van der Waals surface area contributed by atoms with Crippen LogP contribution in [0.25, 0.3) is 0 Å². The lowest BCUT2D eigenvalue weighted by molar-refractivity contribution is 0.0469. The molecular weight excluding hydrogens is 347 g/mol. The van der Waals surface area contributed by atoms with Crippen molar-refractivity contribution in [3.05, 3.63) is 70.8 Å². The first-order valence-corrected chi connectivity index (χ1v) is 10.5. The van der Waals surface area contributed by atoms with Gasteiger partial charge in [-0.25, -0.2) is 4.57 Å². The van der Waals surface area contributed by atoms with Gasteiger partial charge < -0.3 is 9.79 Å². The maximum Gasteiger partial charge on any atom is 0.470 e. The van der Waals surface area contributed by atoms with E-state index in [2.05, 4.69) is 39.8 Å². The van der Waals surface area contributed by atoms with Crippen LogP contribution in [0.3, 0.4) is 0 Å². The molecule has 142 valence electrons. The van der Waals surface area contributed by atoms with Crippen molar-refractivity contribution >= 4 is 7.82 Å². The minimum Gasteiger partial charge on any atom is -0.303 e. The molecule has 1 unspecified atom stereocenters. The van der Waals surface area contributed by atoms with Crippen LogP contribution in [-0.4, -0.2) is 9.79 Å². The maximum atomic E-state index is 11.6. The predicted molar refractivity (Wildman–Crippen MR) is 105 cm³/mol. The Bertz CT molecular complexity index is 760. The molecule has 0 bridgehead atoms. The third-order valence-electron chi connectivity index (χ3n) is 4.70. The van der Waals surface area contributed by atoms with E-state index in [1.165, 1.54) is 11.1 Å². The highest BCUT2D eigenvalue weighted by Crippen LogP contribution is 2.47. The fourth-order valence-electron chi connectivity index (χ4n) is 3.08. The summed E-state index contributed by atoms with van der Waals surface area (Å²) in [5, 5.41) is 0. The summed E-state index contributed by atoms with van der Waals surface area (Å²) in [6, 6.07) is 15.9. The molecule has 2 aromatic rings. The van der Waals surface area contributed by atoms with E-state index in [1.54, 1.807) is 6.92 Å². The molecule has 26 heavy (non-hydrogen) atoms. The minimum atomic E-state index is -4.65. The number of hydrogen-bond donors (Lipinski definition) is 2. The van der Waals surface area contributed by atoms with E-state index in [-0.39, 0.29) is 0 Å². The molecule has 2 rings (SSSR count). The SMILES string of the molecule is CC(C)c1ccc(CC(C)(OP(=O)(O)O)c2ccc(C(C)C)cc2)cc1. The second-order valence-corrected chi connectivity index (χ2v) is 8.83. The van der Waals surface area contributed by atoms with Crippen molar-refractivity contribution in [1.29, 1.82) is 0 Å². The summed E-state index contributed by atoms with van der Waals surface area (Å²) in [6.07, 6.45) is 0.373. The predicted octanol–water partition coefficient (Wildman–Crippen LogP) is 5.50. The summed E-state index contributed by atoms with van der Waals surface area (Å²) in [4.78, 5) is 18.9. The molecule has 0 saturated heterocycles. The zero-order valence-electron chi connectivity index (χ0n) is 16.1. The summed E-state index contributed by atoms with van der Waals surface area (Å²) in [7, 11) is -4.65. The van der Waals surface area contributed by atoms with E-state index in [4.69, 9.17) is 4.52 Å². The molecular formula is C21H29O4P. The second-order valence-electron chi connectivity index (χ2n) is 7.66. The lowest BCUT2D eigenvalue weighted by atomic mass is 9.87. The van der Waals surface area contributed by atoms with Crippen LogP contribution >= 0.6 is 7.82 Å². The second kappa shape index (κ2) is 8.06. The monoisotopic (exact) mass is 376 g/mol. The van der Waals surface area contributed by atoms with Crippen molar-refractivity contribution < 1.29 is 18.9 Å². The van der Waals surface area contributed by atoms with Crippen molar-refractivity contribution in [2.75, 3.05) is 0 Å². The third kappa shape index (κ3) is 5.52. The molecule has 0 aliphatic carbocycles. The van der Waals surface area contributed by atoms with Gasteiger partial charge in [-0.2, -0.15) is 0 Å². The number of benzene rings is 2. The maximum absolute atomic E-state index is 11.6. The van der Waals surface area contributed by atoms with Gasteiger partial charge in [0.1, 0.15) is 5.60 Å². The van der Waals surface area contributed by atoms with Gasteiger partial charge >= 0.3 is 7.82 Å². The van der Waals surface area contributed by atoms with Crippen molar-refractivity contribution in [2.45, 2.75) is 58.5 Å². The number of phosphoric ester groups is 1. The van der Waals surface area contributed by atoms with Gasteiger partial charge in [-0.05, 0) is 41.0 Å². The molecule has 5 heteroatoms. The van der Waals surface area contributed by atoms with Crippen molar-refractivity contribution in [2.24, 2.45) is 0 Å². The summed E-state index contributed by atoms with van der Waals surface area (Å²) in [5.74, 6) is 0.826. The molecule has 4 nitrogen and oxygen atoms in total. The van der Waals surface area contributed by atoms with Crippen LogP contribution in [0.4, 0.5) is 0 Å². The van der Waals surface area contributed by atoms with Gasteiger partial charge in [0.2, 0.25) is 0 Å². The van der Waals surface area contributed by atoms with E-state index in [0.29, 0.717) is 18.3 Å². The largest absolute Gasteiger partial charge is 0.470 e. The number of hydrogen-bond acceptors (Lipinski definition) is 2. The number of rotatable bonds is 7. The number of phosphoric acid groups is 1. The smallest absolute Gasteiger partial charge is 0.303 e. The molecule has 0 aliphatic heterocycles. The molecule has 0 saturated carbocycles. The highest BCUT2D eigenvalue weighted by atomic mass is 31.2. The van der Waals surface area contributed by atoms with E-state index in [0.717, 1.165) is 11.1 Å². The average Bonchev–Trinajstić information content (AvgIpc) is 2.53. The van der Waals surface area contributed by atoms with E-state index in [1.807, 2.05) is 36.4 Å².